The van der Waals surface area contributed by atoms with E-state index in [0.29, 0.717) is 25.3 Å². The quantitative estimate of drug-likeness (QED) is 0.646. The molecule has 0 aliphatic carbocycles. The fraction of sp³-hybridized carbons (Fsp3) is 0.562. The molecule has 1 atom stereocenters. The van der Waals surface area contributed by atoms with E-state index in [-0.39, 0.29) is 30.3 Å². The van der Waals surface area contributed by atoms with E-state index in [1.165, 1.54) is 0 Å². The van der Waals surface area contributed by atoms with Crippen LogP contribution in [0.5, 0.6) is 0 Å². The molecular weight excluding hydrogens is 330 g/mol. The highest BCUT2D eigenvalue weighted by Crippen LogP contribution is 2.12. The summed E-state index contributed by atoms with van der Waals surface area (Å²) in [6, 6.07) is 6.70. The van der Waals surface area contributed by atoms with E-state index in [9.17, 15) is 13.2 Å². The van der Waals surface area contributed by atoms with Crippen LogP contribution in [0.1, 0.15) is 25.0 Å². The molecular formula is C16H25N3O4S. The molecule has 1 heterocycles. The summed E-state index contributed by atoms with van der Waals surface area (Å²) in [7, 11) is -3.41. The van der Waals surface area contributed by atoms with Gasteiger partial charge in [-0.25, -0.2) is 13.1 Å². The van der Waals surface area contributed by atoms with E-state index >= 15 is 0 Å². The zero-order chi connectivity index (χ0) is 17.6. The summed E-state index contributed by atoms with van der Waals surface area (Å²) >= 11 is 0. The topological polar surface area (TPSA) is 96.5 Å². The van der Waals surface area contributed by atoms with E-state index in [0.717, 1.165) is 5.56 Å². The Labute approximate surface area is 143 Å². The Morgan fingerprint density at radius 3 is 2.67 bits per heavy atom. The Kier molecular flexibility index (Phi) is 6.73. The lowest BCUT2D eigenvalue weighted by atomic mass is 10.1. The molecule has 1 aromatic rings. The molecule has 1 aliphatic rings. The van der Waals surface area contributed by atoms with E-state index in [1.54, 1.807) is 26.0 Å². The van der Waals surface area contributed by atoms with E-state index in [2.05, 4.69) is 15.4 Å². The zero-order valence-electron chi connectivity index (χ0n) is 14.0. The first kappa shape index (κ1) is 18.9. The first-order chi connectivity index (χ1) is 11.4. The van der Waals surface area contributed by atoms with Crippen LogP contribution in [0.15, 0.2) is 24.3 Å². The predicted molar refractivity (Wildman–Crippen MR) is 91.8 cm³/mol. The van der Waals surface area contributed by atoms with Gasteiger partial charge in [0.15, 0.2) is 0 Å². The number of sulfonamides is 1. The highest BCUT2D eigenvalue weighted by Gasteiger charge is 2.21. The fourth-order valence-electron chi connectivity index (χ4n) is 2.52. The molecule has 7 nitrogen and oxygen atoms in total. The average Bonchev–Trinajstić information content (AvgIpc) is 2.53. The maximum atomic E-state index is 12.1. The minimum atomic E-state index is -3.41. The van der Waals surface area contributed by atoms with Crippen molar-refractivity contribution >= 4 is 15.9 Å². The molecule has 8 heteroatoms. The minimum Gasteiger partial charge on any atom is -0.378 e. The fourth-order valence-corrected chi connectivity index (χ4v) is 4.01. The molecule has 1 amide bonds. The molecule has 0 bridgehead atoms. The van der Waals surface area contributed by atoms with E-state index in [1.807, 2.05) is 12.1 Å². The molecule has 0 aromatic heterocycles. The summed E-state index contributed by atoms with van der Waals surface area (Å²) in [5.74, 6) is -0.255. The number of nitrogens with one attached hydrogen (secondary N) is 3. The van der Waals surface area contributed by atoms with Gasteiger partial charge in [-0.2, -0.15) is 0 Å². The minimum absolute atomic E-state index is 0.109. The Morgan fingerprint density at radius 2 is 2.04 bits per heavy atom. The van der Waals surface area contributed by atoms with Crippen molar-refractivity contribution in [2.24, 2.45) is 0 Å². The Hall–Kier alpha value is -1.48. The number of morpholine rings is 1. The van der Waals surface area contributed by atoms with Gasteiger partial charge in [0.2, 0.25) is 15.9 Å². The number of carbonyl (C=O) groups is 1. The third kappa shape index (κ3) is 5.86. The molecule has 1 fully saturated rings. The average molecular weight is 355 g/mol. The van der Waals surface area contributed by atoms with Crippen molar-refractivity contribution in [1.29, 1.82) is 0 Å². The van der Waals surface area contributed by atoms with Gasteiger partial charge in [-0.1, -0.05) is 24.3 Å². The van der Waals surface area contributed by atoms with Crippen LogP contribution >= 0.6 is 0 Å². The summed E-state index contributed by atoms with van der Waals surface area (Å²) < 4.78 is 32.1. The lowest BCUT2D eigenvalue weighted by molar-refractivity contribution is -0.126. The second-order valence-corrected chi connectivity index (χ2v) is 7.85. The standard InChI is InChI=1S/C16H25N3O4S/c1-12(2)19-24(21,22)11-14-6-4-3-5-13(14)9-18-16(20)15-10-23-8-7-17-15/h3-6,12,15,17,19H,7-11H2,1-2H3,(H,18,20). The lowest BCUT2D eigenvalue weighted by Gasteiger charge is -2.23. The van der Waals surface area contributed by atoms with Gasteiger partial charge in [0.25, 0.3) is 0 Å². The van der Waals surface area contributed by atoms with Crippen LogP contribution in [0.4, 0.5) is 0 Å². The maximum absolute atomic E-state index is 12.1. The Balaban J connectivity index is 1.99. The summed E-state index contributed by atoms with van der Waals surface area (Å²) in [6.45, 7) is 5.44. The number of amides is 1. The number of ether oxygens (including phenoxy) is 1. The number of benzene rings is 1. The smallest absolute Gasteiger partial charge is 0.239 e. The van der Waals surface area contributed by atoms with Gasteiger partial charge in [0, 0.05) is 19.1 Å². The SMILES string of the molecule is CC(C)NS(=O)(=O)Cc1ccccc1CNC(=O)C1COCCN1. The maximum Gasteiger partial charge on any atom is 0.239 e. The van der Waals surface area contributed by atoms with Gasteiger partial charge in [0.05, 0.1) is 19.0 Å². The largest absolute Gasteiger partial charge is 0.378 e. The van der Waals surface area contributed by atoms with Crippen LogP contribution in [0.2, 0.25) is 0 Å². The van der Waals surface area contributed by atoms with Crippen molar-refractivity contribution in [3.05, 3.63) is 35.4 Å². The van der Waals surface area contributed by atoms with E-state index < -0.39 is 10.0 Å². The molecule has 3 N–H and O–H groups in total. The van der Waals surface area contributed by atoms with Crippen molar-refractivity contribution in [1.82, 2.24) is 15.4 Å². The molecule has 1 aliphatic heterocycles. The number of carbonyl (C=O) groups excluding carboxylic acids is 1. The number of rotatable bonds is 7. The second kappa shape index (κ2) is 8.57. The van der Waals surface area contributed by atoms with Crippen LogP contribution in [0.3, 0.4) is 0 Å². The predicted octanol–water partition coefficient (Wildman–Crippen LogP) is 0.119. The van der Waals surface area contributed by atoms with Crippen molar-refractivity contribution in [3.8, 4) is 0 Å². The molecule has 1 unspecified atom stereocenters. The van der Waals surface area contributed by atoms with Crippen molar-refractivity contribution < 1.29 is 17.9 Å². The number of hydrogen-bond acceptors (Lipinski definition) is 5. The van der Waals surface area contributed by atoms with Crippen molar-refractivity contribution in [2.75, 3.05) is 19.8 Å². The first-order valence-corrected chi connectivity index (χ1v) is 9.68. The molecule has 1 saturated heterocycles. The third-order valence-electron chi connectivity index (χ3n) is 3.57. The summed E-state index contributed by atoms with van der Waals surface area (Å²) in [5, 5.41) is 5.93. The molecule has 0 spiro atoms. The zero-order valence-corrected chi connectivity index (χ0v) is 14.9. The van der Waals surface area contributed by atoms with Gasteiger partial charge in [-0.05, 0) is 25.0 Å². The van der Waals surface area contributed by atoms with Crippen LogP contribution in [0.25, 0.3) is 0 Å². The Bertz CT molecular complexity index is 655. The highest BCUT2D eigenvalue weighted by molar-refractivity contribution is 7.88. The summed E-state index contributed by atoms with van der Waals surface area (Å²) in [5.41, 5.74) is 1.47. The number of hydrogen-bond donors (Lipinski definition) is 3. The monoisotopic (exact) mass is 355 g/mol. The second-order valence-electron chi connectivity index (χ2n) is 6.10. The van der Waals surface area contributed by atoms with Gasteiger partial charge in [0.1, 0.15) is 6.04 Å². The van der Waals surface area contributed by atoms with Gasteiger partial charge >= 0.3 is 0 Å². The van der Waals surface area contributed by atoms with Crippen molar-refractivity contribution in [2.45, 2.75) is 38.2 Å². The normalized spacial score (nSPS) is 18.5. The van der Waals surface area contributed by atoms with Gasteiger partial charge in [-0.15, -0.1) is 0 Å². The molecule has 1 aromatic carbocycles. The molecule has 2 rings (SSSR count). The first-order valence-electron chi connectivity index (χ1n) is 8.03. The van der Waals surface area contributed by atoms with Crippen LogP contribution in [-0.4, -0.2) is 46.2 Å². The lowest BCUT2D eigenvalue weighted by Crippen LogP contribution is -2.51. The van der Waals surface area contributed by atoms with Crippen molar-refractivity contribution in [3.63, 3.8) is 0 Å². The van der Waals surface area contributed by atoms with Crippen LogP contribution in [0, 0.1) is 0 Å². The molecule has 134 valence electrons. The van der Waals surface area contributed by atoms with Crippen LogP contribution in [-0.2, 0) is 31.9 Å². The van der Waals surface area contributed by atoms with Crippen LogP contribution < -0.4 is 15.4 Å². The van der Waals surface area contributed by atoms with Gasteiger partial charge in [-0.3, -0.25) is 4.79 Å². The van der Waals surface area contributed by atoms with Gasteiger partial charge < -0.3 is 15.4 Å². The molecule has 0 saturated carbocycles. The summed E-state index contributed by atoms with van der Waals surface area (Å²) in [4.78, 5) is 12.1. The molecule has 24 heavy (non-hydrogen) atoms. The molecule has 0 radical (unpaired) electrons. The van der Waals surface area contributed by atoms with E-state index in [4.69, 9.17) is 4.74 Å². The third-order valence-corrected chi connectivity index (χ3v) is 5.09. The Morgan fingerprint density at radius 1 is 1.33 bits per heavy atom. The summed E-state index contributed by atoms with van der Waals surface area (Å²) in [6.07, 6.45) is 0. The highest BCUT2D eigenvalue weighted by atomic mass is 32.2.